The van der Waals surface area contributed by atoms with Gasteiger partial charge in [-0.3, -0.25) is 4.90 Å². The number of nitrogens with two attached hydrogens (primary N) is 1. The molecule has 19 heavy (non-hydrogen) atoms. The topological polar surface area (TPSA) is 38.5 Å². The highest BCUT2D eigenvalue weighted by atomic mass is 19.1. The third-order valence-electron chi connectivity index (χ3n) is 3.92. The molecule has 1 aliphatic heterocycles. The van der Waals surface area contributed by atoms with E-state index in [1.807, 2.05) is 6.07 Å². The van der Waals surface area contributed by atoms with E-state index in [4.69, 9.17) is 10.5 Å². The number of hydrogen-bond donors (Lipinski definition) is 1. The highest BCUT2D eigenvalue weighted by molar-refractivity contribution is 5.19. The molecule has 1 heterocycles. The summed E-state index contributed by atoms with van der Waals surface area (Å²) >= 11 is 0. The van der Waals surface area contributed by atoms with Crippen molar-refractivity contribution < 1.29 is 9.13 Å². The van der Waals surface area contributed by atoms with Crippen molar-refractivity contribution in [2.24, 2.45) is 5.73 Å². The predicted molar refractivity (Wildman–Crippen MR) is 74.6 cm³/mol. The van der Waals surface area contributed by atoms with E-state index in [1.165, 1.54) is 6.07 Å². The largest absolute Gasteiger partial charge is 0.376 e. The summed E-state index contributed by atoms with van der Waals surface area (Å²) in [5.41, 5.74) is 6.84. The Morgan fingerprint density at radius 1 is 1.53 bits per heavy atom. The number of nitrogens with zero attached hydrogens (tertiary/aromatic N) is 1. The van der Waals surface area contributed by atoms with Gasteiger partial charge in [-0.05, 0) is 38.0 Å². The SMILES string of the molecule is CC1CN(C(C)(CN)Cc2cccc(F)c2)CCO1. The number of rotatable bonds is 4. The Bertz CT molecular complexity index is 426. The molecular weight excluding hydrogens is 243 g/mol. The molecule has 0 radical (unpaired) electrons. The molecule has 0 bridgehead atoms. The average Bonchev–Trinajstić information content (AvgIpc) is 2.38. The van der Waals surface area contributed by atoms with E-state index in [1.54, 1.807) is 12.1 Å². The molecule has 1 aliphatic rings. The van der Waals surface area contributed by atoms with Gasteiger partial charge in [0.15, 0.2) is 0 Å². The smallest absolute Gasteiger partial charge is 0.123 e. The molecule has 3 nitrogen and oxygen atoms in total. The molecule has 2 rings (SSSR count). The minimum absolute atomic E-state index is 0.147. The fourth-order valence-electron chi connectivity index (χ4n) is 2.71. The van der Waals surface area contributed by atoms with Crippen molar-refractivity contribution in [3.63, 3.8) is 0 Å². The maximum atomic E-state index is 13.3. The van der Waals surface area contributed by atoms with E-state index in [0.717, 1.165) is 31.7 Å². The zero-order valence-electron chi connectivity index (χ0n) is 11.7. The Morgan fingerprint density at radius 2 is 2.32 bits per heavy atom. The lowest BCUT2D eigenvalue weighted by Gasteiger charge is -2.44. The summed E-state index contributed by atoms with van der Waals surface area (Å²) in [5.74, 6) is -0.188. The monoisotopic (exact) mass is 266 g/mol. The van der Waals surface area contributed by atoms with E-state index >= 15 is 0 Å². The van der Waals surface area contributed by atoms with Gasteiger partial charge in [0.2, 0.25) is 0 Å². The van der Waals surface area contributed by atoms with Crippen LogP contribution in [0.25, 0.3) is 0 Å². The first-order chi connectivity index (χ1) is 9.03. The standard InChI is InChI=1S/C15H23FN2O/c1-12-10-18(6-7-19-12)15(2,11-17)9-13-4-3-5-14(16)8-13/h3-5,8,12H,6-7,9-11,17H2,1-2H3. The van der Waals surface area contributed by atoms with Gasteiger partial charge in [0.1, 0.15) is 5.82 Å². The van der Waals surface area contributed by atoms with Gasteiger partial charge >= 0.3 is 0 Å². The fraction of sp³-hybridized carbons (Fsp3) is 0.600. The van der Waals surface area contributed by atoms with Crippen LogP contribution in [0.3, 0.4) is 0 Å². The maximum absolute atomic E-state index is 13.3. The molecule has 0 aromatic heterocycles. The van der Waals surface area contributed by atoms with Crippen molar-refractivity contribution in [3.05, 3.63) is 35.6 Å². The van der Waals surface area contributed by atoms with Crippen LogP contribution in [0, 0.1) is 5.82 Å². The minimum Gasteiger partial charge on any atom is -0.376 e. The second-order valence-electron chi connectivity index (χ2n) is 5.64. The lowest BCUT2D eigenvalue weighted by molar-refractivity contribution is -0.0560. The Hall–Kier alpha value is -0.970. The molecule has 2 atom stereocenters. The van der Waals surface area contributed by atoms with Gasteiger partial charge in [-0.25, -0.2) is 4.39 Å². The third kappa shape index (κ3) is 3.53. The molecule has 0 spiro atoms. The van der Waals surface area contributed by atoms with Gasteiger partial charge in [0.05, 0.1) is 12.7 Å². The summed E-state index contributed by atoms with van der Waals surface area (Å²) in [6.45, 7) is 7.27. The summed E-state index contributed by atoms with van der Waals surface area (Å²) in [5, 5.41) is 0. The molecule has 2 unspecified atom stereocenters. The normalized spacial score (nSPS) is 24.1. The molecule has 1 saturated heterocycles. The molecule has 0 amide bonds. The summed E-state index contributed by atoms with van der Waals surface area (Å²) in [7, 11) is 0. The van der Waals surface area contributed by atoms with Crippen molar-refractivity contribution in [1.29, 1.82) is 0 Å². The van der Waals surface area contributed by atoms with Crippen molar-refractivity contribution in [2.75, 3.05) is 26.2 Å². The summed E-state index contributed by atoms with van der Waals surface area (Å²) in [4.78, 5) is 2.37. The Labute approximate surface area is 114 Å². The van der Waals surface area contributed by atoms with Crippen LogP contribution in [0.5, 0.6) is 0 Å². The predicted octanol–water partition coefficient (Wildman–Crippen LogP) is 1.81. The van der Waals surface area contributed by atoms with Crippen LogP contribution in [0.4, 0.5) is 4.39 Å². The van der Waals surface area contributed by atoms with E-state index in [2.05, 4.69) is 18.7 Å². The maximum Gasteiger partial charge on any atom is 0.123 e. The van der Waals surface area contributed by atoms with Gasteiger partial charge in [0.25, 0.3) is 0 Å². The highest BCUT2D eigenvalue weighted by Crippen LogP contribution is 2.23. The van der Waals surface area contributed by atoms with Gasteiger partial charge in [-0.1, -0.05) is 12.1 Å². The van der Waals surface area contributed by atoms with Crippen LogP contribution in [-0.4, -0.2) is 42.8 Å². The van der Waals surface area contributed by atoms with Crippen LogP contribution in [-0.2, 0) is 11.2 Å². The lowest BCUT2D eigenvalue weighted by Crippen LogP contribution is -2.58. The van der Waals surface area contributed by atoms with Crippen molar-refractivity contribution in [2.45, 2.75) is 31.9 Å². The van der Waals surface area contributed by atoms with Gasteiger partial charge in [0, 0.05) is 25.2 Å². The first-order valence-electron chi connectivity index (χ1n) is 6.85. The van der Waals surface area contributed by atoms with E-state index < -0.39 is 0 Å². The quantitative estimate of drug-likeness (QED) is 0.903. The van der Waals surface area contributed by atoms with Crippen LogP contribution in [0.15, 0.2) is 24.3 Å². The zero-order chi connectivity index (χ0) is 13.9. The van der Waals surface area contributed by atoms with Crippen LogP contribution < -0.4 is 5.73 Å². The van der Waals surface area contributed by atoms with Crippen molar-refractivity contribution >= 4 is 0 Å². The fourth-order valence-corrected chi connectivity index (χ4v) is 2.71. The molecule has 0 aliphatic carbocycles. The second-order valence-corrected chi connectivity index (χ2v) is 5.64. The van der Waals surface area contributed by atoms with Gasteiger partial charge < -0.3 is 10.5 Å². The Balaban J connectivity index is 2.13. The first-order valence-corrected chi connectivity index (χ1v) is 6.85. The van der Waals surface area contributed by atoms with E-state index in [0.29, 0.717) is 6.54 Å². The zero-order valence-corrected chi connectivity index (χ0v) is 11.7. The Morgan fingerprint density at radius 3 is 2.95 bits per heavy atom. The molecule has 4 heteroatoms. The molecule has 1 aromatic rings. The van der Waals surface area contributed by atoms with Gasteiger partial charge in [-0.2, -0.15) is 0 Å². The summed E-state index contributed by atoms with van der Waals surface area (Å²) in [6.07, 6.45) is 0.987. The number of ether oxygens (including phenoxy) is 1. The number of hydrogen-bond acceptors (Lipinski definition) is 3. The van der Waals surface area contributed by atoms with Crippen molar-refractivity contribution in [1.82, 2.24) is 4.90 Å². The lowest BCUT2D eigenvalue weighted by atomic mass is 9.90. The molecule has 106 valence electrons. The number of morpholine rings is 1. The van der Waals surface area contributed by atoms with Crippen LogP contribution in [0.2, 0.25) is 0 Å². The van der Waals surface area contributed by atoms with E-state index in [9.17, 15) is 4.39 Å². The molecule has 0 saturated carbocycles. The Kier molecular flexibility index (Phi) is 4.55. The second kappa shape index (κ2) is 5.99. The number of halogens is 1. The molecule has 1 fully saturated rings. The third-order valence-corrected chi connectivity index (χ3v) is 3.92. The highest BCUT2D eigenvalue weighted by Gasteiger charge is 2.33. The van der Waals surface area contributed by atoms with Crippen molar-refractivity contribution in [3.8, 4) is 0 Å². The molecule has 1 aromatic carbocycles. The number of benzene rings is 1. The van der Waals surface area contributed by atoms with Gasteiger partial charge in [-0.15, -0.1) is 0 Å². The molecule has 2 N–H and O–H groups in total. The van der Waals surface area contributed by atoms with E-state index in [-0.39, 0.29) is 17.5 Å². The average molecular weight is 266 g/mol. The summed E-state index contributed by atoms with van der Waals surface area (Å²) < 4.78 is 18.9. The van der Waals surface area contributed by atoms with Crippen LogP contribution >= 0.6 is 0 Å². The molecular formula is C15H23FN2O. The van der Waals surface area contributed by atoms with Crippen LogP contribution in [0.1, 0.15) is 19.4 Å². The first kappa shape index (κ1) is 14.4. The minimum atomic E-state index is -0.188. The summed E-state index contributed by atoms with van der Waals surface area (Å²) in [6, 6.07) is 6.78.